The molecule has 3 rings (SSSR count). The van der Waals surface area contributed by atoms with Gasteiger partial charge in [-0.05, 0) is 82.4 Å². The minimum absolute atomic E-state index is 0.0140. The lowest BCUT2D eigenvalue weighted by molar-refractivity contribution is -0.146. The van der Waals surface area contributed by atoms with Crippen LogP contribution in [0.2, 0.25) is 0 Å². The maximum Gasteiger partial charge on any atom is 0.303 e. The molecule has 0 aromatic heterocycles. The molecule has 2 fully saturated rings. The van der Waals surface area contributed by atoms with Crippen molar-refractivity contribution in [2.24, 2.45) is 11.7 Å². The highest BCUT2D eigenvalue weighted by atomic mass is 16.4. The Morgan fingerprint density at radius 1 is 0.532 bits per heavy atom. The van der Waals surface area contributed by atoms with E-state index in [1.807, 2.05) is 0 Å². The number of carboxylic acids is 4. The second-order valence-electron chi connectivity index (χ2n) is 19.5. The summed E-state index contributed by atoms with van der Waals surface area (Å²) in [5, 5.41) is 64.3. The van der Waals surface area contributed by atoms with Crippen molar-refractivity contribution >= 4 is 82.9 Å². The minimum atomic E-state index is -1.67. The Hall–Kier alpha value is -8.40. The molecular weight excluding hydrogens is 1040 g/mol. The quantitative estimate of drug-likeness (QED) is 0.0350. The van der Waals surface area contributed by atoms with Gasteiger partial charge in [-0.25, -0.2) is 0 Å². The van der Waals surface area contributed by atoms with Crippen LogP contribution in [0.4, 0.5) is 0 Å². The van der Waals surface area contributed by atoms with Crippen molar-refractivity contribution in [3.8, 4) is 5.75 Å². The van der Waals surface area contributed by atoms with Gasteiger partial charge in [-0.2, -0.15) is 0 Å². The Morgan fingerprint density at radius 2 is 0.975 bits per heavy atom. The molecule has 2 aliphatic rings. The average Bonchev–Trinajstić information content (AvgIpc) is 4.10. The Kier molecular flexibility index (Phi) is 25.6. The number of hydrogen-bond acceptors (Lipinski definition) is 15. The van der Waals surface area contributed by atoms with E-state index in [0.717, 1.165) is 4.90 Å². The number of primary amides is 1. The van der Waals surface area contributed by atoms with Crippen molar-refractivity contribution in [1.29, 1.82) is 0 Å². The van der Waals surface area contributed by atoms with E-state index in [0.29, 0.717) is 12.0 Å². The number of phenolic OH excluding ortho intramolecular Hbond substituents is 1. The highest BCUT2D eigenvalue weighted by molar-refractivity contribution is 5.99. The maximum absolute atomic E-state index is 14.6. The monoisotopic (exact) mass is 1120 g/mol. The van der Waals surface area contributed by atoms with Crippen molar-refractivity contribution in [3.05, 3.63) is 29.8 Å². The van der Waals surface area contributed by atoms with Gasteiger partial charge in [-0.1, -0.05) is 32.4 Å². The molecule has 0 radical (unpaired) electrons. The number of carbonyl (C=O) groups is 14. The molecule has 79 heavy (non-hydrogen) atoms. The van der Waals surface area contributed by atoms with Crippen LogP contribution in [0.3, 0.4) is 0 Å². The number of aromatic hydroxyl groups is 1. The number of nitrogens with one attached hydrogen (secondary N) is 7. The molecule has 0 saturated carbocycles. The van der Waals surface area contributed by atoms with E-state index in [1.54, 1.807) is 13.8 Å². The van der Waals surface area contributed by atoms with Crippen LogP contribution in [0, 0.1) is 5.92 Å². The molecule has 10 atom stereocenters. The normalized spacial score (nSPS) is 17.9. The van der Waals surface area contributed by atoms with Crippen LogP contribution in [0.15, 0.2) is 24.3 Å². The topological polar surface area (TPSA) is 457 Å². The van der Waals surface area contributed by atoms with Gasteiger partial charge in [0.1, 0.15) is 60.1 Å². The van der Waals surface area contributed by atoms with Gasteiger partial charge >= 0.3 is 23.9 Å². The second kappa shape index (κ2) is 31.1. The lowest BCUT2D eigenvalue weighted by atomic mass is 9.96. The number of aliphatic carboxylic acids is 4. The molecule has 436 valence electrons. The highest BCUT2D eigenvalue weighted by Gasteiger charge is 2.44. The minimum Gasteiger partial charge on any atom is -0.508 e. The molecule has 10 amide bonds. The SMILES string of the molecule is CC[C@H](C)[C@H](NC(=O)[C@@H]1CCCN1C(=O)[C@H](CCC(=O)O)NC(=O)[C@H](Cc1ccc(O)cc1)NC(=O)CCC(=O)O)C(=O)N1CCC[C@H]1C(=O)N[C@@H](CCC(=O)O)C(=O)N[C@@H](CCC(=O)O)C(=O)N[C@@H](C)C(=O)N[C@@H](C)C(N)=O. The van der Waals surface area contributed by atoms with Crippen LogP contribution in [0.1, 0.15) is 117 Å². The van der Waals surface area contributed by atoms with E-state index in [1.165, 1.54) is 43.0 Å². The fourth-order valence-corrected chi connectivity index (χ4v) is 8.68. The Labute approximate surface area is 453 Å². The first-order valence-corrected chi connectivity index (χ1v) is 25.8. The Bertz CT molecular complexity index is 2440. The van der Waals surface area contributed by atoms with E-state index < -0.39 is 195 Å². The number of hydrogen-bond donors (Lipinski definition) is 13. The summed E-state index contributed by atoms with van der Waals surface area (Å²) in [7, 11) is 0. The van der Waals surface area contributed by atoms with Crippen molar-refractivity contribution in [2.45, 2.75) is 172 Å². The molecule has 2 saturated heterocycles. The van der Waals surface area contributed by atoms with Gasteiger partial charge < -0.3 is 78.3 Å². The van der Waals surface area contributed by atoms with Gasteiger partial charge in [0.2, 0.25) is 59.1 Å². The van der Waals surface area contributed by atoms with E-state index >= 15 is 0 Å². The number of phenols is 1. The number of benzene rings is 1. The predicted molar refractivity (Wildman–Crippen MR) is 272 cm³/mol. The molecule has 29 heteroatoms. The van der Waals surface area contributed by atoms with Crippen molar-refractivity contribution in [1.82, 2.24) is 47.0 Å². The number of nitrogens with two attached hydrogens (primary N) is 1. The lowest BCUT2D eigenvalue weighted by Crippen LogP contribution is -2.61. The third-order valence-electron chi connectivity index (χ3n) is 13.4. The first kappa shape index (κ1) is 64.9. The molecule has 0 unspecified atom stereocenters. The Morgan fingerprint density at radius 3 is 1.48 bits per heavy atom. The number of likely N-dealkylation sites (tertiary alicyclic amines) is 2. The molecule has 2 heterocycles. The second-order valence-corrected chi connectivity index (χ2v) is 19.5. The van der Waals surface area contributed by atoms with Gasteiger partial charge in [0.05, 0.1) is 6.42 Å². The van der Waals surface area contributed by atoms with E-state index in [-0.39, 0.29) is 50.9 Å². The summed E-state index contributed by atoms with van der Waals surface area (Å²) in [6.07, 6.45) is -3.83. The van der Waals surface area contributed by atoms with Gasteiger partial charge in [0.25, 0.3) is 0 Å². The molecule has 0 spiro atoms. The predicted octanol–water partition coefficient (Wildman–Crippen LogP) is -2.66. The van der Waals surface area contributed by atoms with Gasteiger partial charge in [0.15, 0.2) is 0 Å². The number of carbonyl (C=O) groups excluding carboxylic acids is 10. The lowest BCUT2D eigenvalue weighted by Gasteiger charge is -2.34. The number of carboxylic acid groups (broad SMARTS) is 4. The smallest absolute Gasteiger partial charge is 0.303 e. The fourth-order valence-electron chi connectivity index (χ4n) is 8.68. The zero-order valence-corrected chi connectivity index (χ0v) is 44.3. The van der Waals surface area contributed by atoms with Gasteiger partial charge in [0, 0.05) is 45.2 Å². The van der Waals surface area contributed by atoms with Crippen LogP contribution in [0.25, 0.3) is 0 Å². The molecular formula is C50H72N10O19. The van der Waals surface area contributed by atoms with Crippen molar-refractivity contribution < 1.29 is 92.7 Å². The number of rotatable bonds is 32. The largest absolute Gasteiger partial charge is 0.508 e. The molecule has 14 N–H and O–H groups in total. The number of amides is 10. The zero-order valence-electron chi connectivity index (χ0n) is 44.3. The molecule has 1 aromatic rings. The van der Waals surface area contributed by atoms with Crippen LogP contribution >= 0.6 is 0 Å². The summed E-state index contributed by atoms with van der Waals surface area (Å²) in [5.41, 5.74) is 5.62. The third kappa shape index (κ3) is 20.8. The average molecular weight is 1120 g/mol. The van der Waals surface area contributed by atoms with Crippen molar-refractivity contribution in [3.63, 3.8) is 0 Å². The summed E-state index contributed by atoms with van der Waals surface area (Å²) < 4.78 is 0. The summed E-state index contributed by atoms with van der Waals surface area (Å²) >= 11 is 0. The van der Waals surface area contributed by atoms with E-state index in [9.17, 15) is 87.5 Å². The standard InChI is InChI=1S/C50H72N10O19/c1-5-25(2)41(58-48(77)35-9-6-22-59(35)49(78)32(16-20-39(67)68)57-46(75)33(54-36(62)17-21-40(69)70)24-28-10-12-29(61)13-11-28)50(79)60-23-7-8-34(60)47(76)56-31(15-19-38(65)66)45(74)55-30(14-18-37(63)64)44(73)53-27(4)43(72)52-26(3)42(51)71/h10-13,25-27,30-35,41,61H,5-9,14-24H2,1-4H3,(H2,51,71)(H,52,72)(H,53,73)(H,54,62)(H,55,74)(H,56,76)(H,57,75)(H,58,77)(H,63,64)(H,65,66)(H,67,68)(H,69,70)/t25-,26-,27-,30-,31-,32-,33-,34-,35-,41-/m0/s1. The first-order valence-electron chi connectivity index (χ1n) is 25.8. The van der Waals surface area contributed by atoms with Crippen molar-refractivity contribution in [2.75, 3.05) is 13.1 Å². The highest BCUT2D eigenvalue weighted by Crippen LogP contribution is 2.25. The third-order valence-corrected chi connectivity index (χ3v) is 13.4. The van der Waals surface area contributed by atoms with Gasteiger partial charge in [-0.15, -0.1) is 0 Å². The summed E-state index contributed by atoms with van der Waals surface area (Å²) in [6, 6.07) is -7.06. The molecule has 0 aliphatic carbocycles. The number of nitrogens with zero attached hydrogens (tertiary/aromatic N) is 2. The molecule has 29 nitrogen and oxygen atoms in total. The van der Waals surface area contributed by atoms with Crippen LogP contribution < -0.4 is 43.0 Å². The van der Waals surface area contributed by atoms with Gasteiger partial charge in [-0.3, -0.25) is 67.1 Å². The maximum atomic E-state index is 14.6. The Balaban J connectivity index is 1.85. The first-order chi connectivity index (χ1) is 37.1. The molecule has 0 bridgehead atoms. The fraction of sp³-hybridized carbons (Fsp3) is 0.600. The van der Waals surface area contributed by atoms with Crippen LogP contribution in [-0.4, -0.2) is 186 Å². The van der Waals surface area contributed by atoms with Crippen LogP contribution in [0.5, 0.6) is 5.75 Å². The summed E-state index contributed by atoms with van der Waals surface area (Å²) in [5.74, 6) is -15.0. The van der Waals surface area contributed by atoms with E-state index in [2.05, 4.69) is 37.2 Å². The van der Waals surface area contributed by atoms with Crippen LogP contribution in [-0.2, 0) is 73.5 Å². The summed E-state index contributed by atoms with van der Waals surface area (Å²) in [6.45, 7) is 5.85. The summed E-state index contributed by atoms with van der Waals surface area (Å²) in [4.78, 5) is 184. The zero-order chi connectivity index (χ0) is 59.3. The molecule has 1 aromatic carbocycles. The van der Waals surface area contributed by atoms with E-state index in [4.69, 9.17) is 10.8 Å². The molecule has 2 aliphatic heterocycles.